The average molecular weight is 305 g/mol. The number of hydrogen-bond acceptors (Lipinski definition) is 5. The Hall–Kier alpha value is -1.17. The van der Waals surface area contributed by atoms with Crippen LogP contribution in [0.25, 0.3) is 10.2 Å². The first kappa shape index (κ1) is 14.8. The lowest BCUT2D eigenvalue weighted by molar-refractivity contribution is 0.112. The molecule has 0 amide bonds. The van der Waals surface area contributed by atoms with E-state index in [1.54, 1.807) is 18.4 Å². The van der Waals surface area contributed by atoms with Crippen LogP contribution in [0.5, 0.6) is 0 Å². The molecule has 2 aromatic rings. The van der Waals surface area contributed by atoms with Gasteiger partial charge in [-0.3, -0.25) is 4.90 Å². The summed E-state index contributed by atoms with van der Waals surface area (Å²) >= 11 is 1.56. The van der Waals surface area contributed by atoms with Gasteiger partial charge in [-0.2, -0.15) is 0 Å². The van der Waals surface area contributed by atoms with E-state index in [1.165, 1.54) is 23.1 Å². The lowest BCUT2D eigenvalue weighted by atomic mass is 10.1. The predicted molar refractivity (Wildman–Crippen MR) is 88.5 cm³/mol. The molecule has 3 rings (SSSR count). The maximum Gasteiger partial charge on any atom is 0.181 e. The fourth-order valence-corrected chi connectivity index (χ4v) is 3.63. The number of aromatic nitrogens is 1. The Kier molecular flexibility index (Phi) is 4.42. The van der Waals surface area contributed by atoms with Crippen LogP contribution in [0.4, 0.5) is 5.13 Å². The summed E-state index contributed by atoms with van der Waals surface area (Å²) in [5.74, 6) is 0.865. The number of hydrogen-bond donors (Lipinski definition) is 1. The van der Waals surface area contributed by atoms with Crippen molar-refractivity contribution < 1.29 is 4.74 Å². The van der Waals surface area contributed by atoms with E-state index in [4.69, 9.17) is 10.5 Å². The first-order chi connectivity index (χ1) is 10.2. The minimum absolute atomic E-state index is 0.627. The van der Waals surface area contributed by atoms with Gasteiger partial charge in [-0.1, -0.05) is 17.4 Å². The Bertz CT molecular complexity index is 609. The van der Waals surface area contributed by atoms with E-state index in [2.05, 4.69) is 35.0 Å². The van der Waals surface area contributed by atoms with Gasteiger partial charge < -0.3 is 10.5 Å². The number of nitrogens with zero attached hydrogens (tertiary/aromatic N) is 2. The molecule has 1 atom stereocenters. The third-order valence-electron chi connectivity index (χ3n) is 4.32. The summed E-state index contributed by atoms with van der Waals surface area (Å²) in [6.45, 7) is 5.08. The average Bonchev–Trinajstić information content (AvgIpc) is 3.24. The molecule has 5 heteroatoms. The molecule has 0 spiro atoms. The Morgan fingerprint density at radius 2 is 2.29 bits per heavy atom. The highest BCUT2D eigenvalue weighted by Crippen LogP contribution is 2.35. The molecule has 21 heavy (non-hydrogen) atoms. The van der Waals surface area contributed by atoms with E-state index in [9.17, 15) is 0 Å². The number of ether oxygens (including phenoxy) is 1. The van der Waals surface area contributed by atoms with Gasteiger partial charge in [-0.15, -0.1) is 0 Å². The van der Waals surface area contributed by atoms with Crippen molar-refractivity contribution in [2.24, 2.45) is 5.92 Å². The number of methoxy groups -OCH3 is 1. The Morgan fingerprint density at radius 1 is 1.48 bits per heavy atom. The number of rotatable bonds is 7. The molecule has 1 fully saturated rings. The number of nitrogen functional groups attached to an aromatic ring is 1. The monoisotopic (exact) mass is 305 g/mol. The van der Waals surface area contributed by atoms with E-state index in [0.29, 0.717) is 11.2 Å². The van der Waals surface area contributed by atoms with Crippen molar-refractivity contribution in [3.05, 3.63) is 23.8 Å². The Labute approximate surface area is 129 Å². The van der Waals surface area contributed by atoms with Gasteiger partial charge in [-0.25, -0.2) is 4.98 Å². The second kappa shape index (κ2) is 6.30. The van der Waals surface area contributed by atoms with Crippen molar-refractivity contribution in [1.29, 1.82) is 0 Å². The van der Waals surface area contributed by atoms with Crippen LogP contribution in [-0.4, -0.2) is 36.2 Å². The van der Waals surface area contributed by atoms with Gasteiger partial charge in [-0.05, 0) is 43.4 Å². The van der Waals surface area contributed by atoms with Crippen LogP contribution in [0.2, 0.25) is 0 Å². The summed E-state index contributed by atoms with van der Waals surface area (Å²) in [4.78, 5) is 6.85. The number of anilines is 1. The topological polar surface area (TPSA) is 51.4 Å². The van der Waals surface area contributed by atoms with Crippen LogP contribution in [-0.2, 0) is 11.3 Å². The van der Waals surface area contributed by atoms with Crippen LogP contribution in [0.3, 0.4) is 0 Å². The third-order valence-corrected chi connectivity index (χ3v) is 5.17. The van der Waals surface area contributed by atoms with E-state index in [1.807, 2.05) is 0 Å². The van der Waals surface area contributed by atoms with Gasteiger partial charge in [0.2, 0.25) is 0 Å². The van der Waals surface area contributed by atoms with Gasteiger partial charge >= 0.3 is 0 Å². The second-order valence-electron chi connectivity index (χ2n) is 5.90. The quantitative estimate of drug-likeness (QED) is 0.854. The van der Waals surface area contributed by atoms with Crippen molar-refractivity contribution in [2.75, 3.05) is 26.0 Å². The lowest BCUT2D eigenvalue weighted by Crippen LogP contribution is -2.36. The second-order valence-corrected chi connectivity index (χ2v) is 6.96. The van der Waals surface area contributed by atoms with E-state index in [0.717, 1.165) is 31.1 Å². The molecule has 1 unspecified atom stereocenters. The largest absolute Gasteiger partial charge is 0.383 e. The molecule has 1 heterocycles. The normalized spacial score (nSPS) is 16.7. The molecule has 0 bridgehead atoms. The van der Waals surface area contributed by atoms with Crippen LogP contribution < -0.4 is 5.73 Å². The van der Waals surface area contributed by atoms with Gasteiger partial charge in [0.1, 0.15) is 0 Å². The van der Waals surface area contributed by atoms with Gasteiger partial charge in [0.25, 0.3) is 0 Å². The van der Waals surface area contributed by atoms with Crippen molar-refractivity contribution in [1.82, 2.24) is 9.88 Å². The van der Waals surface area contributed by atoms with Crippen molar-refractivity contribution >= 4 is 26.7 Å². The zero-order valence-corrected chi connectivity index (χ0v) is 13.5. The Morgan fingerprint density at radius 3 is 3.00 bits per heavy atom. The van der Waals surface area contributed by atoms with Crippen LogP contribution in [0.15, 0.2) is 18.2 Å². The van der Waals surface area contributed by atoms with Crippen LogP contribution >= 0.6 is 11.3 Å². The molecule has 2 N–H and O–H groups in total. The summed E-state index contributed by atoms with van der Waals surface area (Å²) < 4.78 is 6.44. The standard InChI is InChI=1S/C16H23N3OS/c1-11(13-4-5-13)19(7-8-20-2)10-12-3-6-14-15(9-12)21-16(17)18-14/h3,6,9,11,13H,4-5,7-8,10H2,1-2H3,(H2,17,18). The van der Waals surface area contributed by atoms with Gasteiger partial charge in [0, 0.05) is 26.2 Å². The Balaban J connectivity index is 1.75. The lowest BCUT2D eigenvalue weighted by Gasteiger charge is -2.29. The first-order valence-corrected chi connectivity index (χ1v) is 8.37. The molecule has 1 saturated carbocycles. The maximum atomic E-state index is 5.78. The van der Waals surface area contributed by atoms with Crippen molar-refractivity contribution in [3.8, 4) is 0 Å². The molecule has 114 valence electrons. The van der Waals surface area contributed by atoms with Crippen LogP contribution in [0, 0.1) is 5.92 Å². The molecule has 0 aliphatic heterocycles. The minimum atomic E-state index is 0.627. The van der Waals surface area contributed by atoms with Crippen LogP contribution in [0.1, 0.15) is 25.3 Å². The van der Waals surface area contributed by atoms with Gasteiger partial charge in [0.15, 0.2) is 5.13 Å². The smallest absolute Gasteiger partial charge is 0.181 e. The molecule has 0 radical (unpaired) electrons. The van der Waals surface area contributed by atoms with Crippen molar-refractivity contribution in [2.45, 2.75) is 32.4 Å². The van der Waals surface area contributed by atoms with E-state index >= 15 is 0 Å². The zero-order chi connectivity index (χ0) is 14.8. The highest BCUT2D eigenvalue weighted by molar-refractivity contribution is 7.22. The molecule has 4 nitrogen and oxygen atoms in total. The summed E-state index contributed by atoms with van der Waals surface area (Å²) in [6, 6.07) is 7.10. The molecular formula is C16H23N3OS. The summed E-state index contributed by atoms with van der Waals surface area (Å²) in [5.41, 5.74) is 8.11. The van der Waals surface area contributed by atoms with Crippen molar-refractivity contribution in [3.63, 3.8) is 0 Å². The number of benzene rings is 1. The van der Waals surface area contributed by atoms with E-state index in [-0.39, 0.29) is 0 Å². The molecular weight excluding hydrogens is 282 g/mol. The zero-order valence-electron chi connectivity index (χ0n) is 12.7. The predicted octanol–water partition coefficient (Wildman–Crippen LogP) is 3.13. The number of nitrogens with two attached hydrogens (primary N) is 1. The van der Waals surface area contributed by atoms with Gasteiger partial charge in [0.05, 0.1) is 16.8 Å². The maximum absolute atomic E-state index is 5.78. The highest BCUT2D eigenvalue weighted by atomic mass is 32.1. The molecule has 1 aromatic carbocycles. The SMILES string of the molecule is COCCN(Cc1ccc2nc(N)sc2c1)C(C)C1CC1. The molecule has 1 aliphatic carbocycles. The summed E-state index contributed by atoms with van der Waals surface area (Å²) in [5, 5.41) is 0.643. The number of thiazole rings is 1. The first-order valence-electron chi connectivity index (χ1n) is 7.55. The summed E-state index contributed by atoms with van der Waals surface area (Å²) in [7, 11) is 1.77. The number of fused-ring (bicyclic) bond motifs is 1. The molecule has 0 saturated heterocycles. The third kappa shape index (κ3) is 3.54. The highest BCUT2D eigenvalue weighted by Gasteiger charge is 2.31. The van der Waals surface area contributed by atoms with E-state index < -0.39 is 0 Å². The molecule has 1 aromatic heterocycles. The fraction of sp³-hybridized carbons (Fsp3) is 0.562. The fourth-order valence-electron chi connectivity index (χ4n) is 2.83. The minimum Gasteiger partial charge on any atom is -0.383 e. The summed E-state index contributed by atoms with van der Waals surface area (Å²) in [6.07, 6.45) is 2.74. The molecule has 1 aliphatic rings.